The standard InChI is InChI=1S/C18H25N3O3/c1-24-12-11-21-15-6-4-8-18(15,9-7-16(21)22)13-20-17(23)14-5-2-3-10-19-14/h2-3,5,10,15H,4,6-9,11-13H2,1H3,(H,20,23). The summed E-state index contributed by atoms with van der Waals surface area (Å²) in [6.07, 6.45) is 6.19. The Balaban J connectivity index is 1.68. The Kier molecular flexibility index (Phi) is 5.14. The number of carbonyl (C=O) groups is 2. The molecule has 130 valence electrons. The second-order valence-corrected chi connectivity index (χ2v) is 6.75. The van der Waals surface area contributed by atoms with Gasteiger partial charge in [0.15, 0.2) is 0 Å². The molecule has 1 aliphatic heterocycles. The highest BCUT2D eigenvalue weighted by Gasteiger charge is 2.50. The summed E-state index contributed by atoms with van der Waals surface area (Å²) in [6.45, 7) is 1.79. The van der Waals surface area contributed by atoms with Gasteiger partial charge in [0.05, 0.1) is 6.61 Å². The molecule has 1 N–H and O–H groups in total. The number of aromatic nitrogens is 1. The molecule has 1 aromatic heterocycles. The van der Waals surface area contributed by atoms with Gasteiger partial charge in [0.25, 0.3) is 5.91 Å². The van der Waals surface area contributed by atoms with Gasteiger partial charge in [-0.25, -0.2) is 0 Å². The molecule has 0 bridgehead atoms. The van der Waals surface area contributed by atoms with Crippen molar-refractivity contribution >= 4 is 11.8 Å². The molecule has 0 spiro atoms. The minimum Gasteiger partial charge on any atom is -0.383 e. The van der Waals surface area contributed by atoms with Crippen LogP contribution in [0.2, 0.25) is 0 Å². The number of hydrogen-bond acceptors (Lipinski definition) is 4. The smallest absolute Gasteiger partial charge is 0.269 e. The van der Waals surface area contributed by atoms with Crippen LogP contribution in [0.4, 0.5) is 0 Å². The molecule has 2 unspecified atom stereocenters. The van der Waals surface area contributed by atoms with Crippen LogP contribution in [0.25, 0.3) is 0 Å². The van der Waals surface area contributed by atoms with E-state index in [0.717, 1.165) is 25.7 Å². The van der Waals surface area contributed by atoms with Crippen molar-refractivity contribution in [2.45, 2.75) is 38.1 Å². The first-order valence-corrected chi connectivity index (χ1v) is 8.64. The van der Waals surface area contributed by atoms with E-state index in [1.54, 1.807) is 25.4 Å². The lowest BCUT2D eigenvalue weighted by Crippen LogP contribution is -2.56. The Morgan fingerprint density at radius 2 is 2.33 bits per heavy atom. The van der Waals surface area contributed by atoms with Crippen molar-refractivity contribution in [3.63, 3.8) is 0 Å². The van der Waals surface area contributed by atoms with Gasteiger partial charge in [-0.2, -0.15) is 0 Å². The zero-order valence-corrected chi connectivity index (χ0v) is 14.2. The van der Waals surface area contributed by atoms with Gasteiger partial charge in [-0.05, 0) is 31.4 Å². The molecule has 1 aliphatic carbocycles. The van der Waals surface area contributed by atoms with Crippen molar-refractivity contribution in [3.05, 3.63) is 30.1 Å². The van der Waals surface area contributed by atoms with Crippen molar-refractivity contribution in [3.8, 4) is 0 Å². The third kappa shape index (κ3) is 3.29. The molecule has 6 heteroatoms. The van der Waals surface area contributed by atoms with Gasteiger partial charge in [0.2, 0.25) is 5.91 Å². The van der Waals surface area contributed by atoms with Crippen molar-refractivity contribution in [2.75, 3.05) is 26.8 Å². The molecule has 0 radical (unpaired) electrons. The molecule has 1 saturated heterocycles. The fourth-order valence-electron chi connectivity index (χ4n) is 4.18. The number of likely N-dealkylation sites (tertiary alicyclic amines) is 1. The molecule has 2 atom stereocenters. The SMILES string of the molecule is COCCN1C(=O)CCC2(CNC(=O)c3ccccn3)CCCC12. The van der Waals surface area contributed by atoms with Gasteiger partial charge in [-0.15, -0.1) is 0 Å². The number of hydrogen-bond donors (Lipinski definition) is 1. The highest BCUT2D eigenvalue weighted by atomic mass is 16.5. The van der Waals surface area contributed by atoms with E-state index in [2.05, 4.69) is 10.3 Å². The van der Waals surface area contributed by atoms with Gasteiger partial charge in [-0.1, -0.05) is 12.5 Å². The number of rotatable bonds is 6. The van der Waals surface area contributed by atoms with Crippen LogP contribution < -0.4 is 5.32 Å². The summed E-state index contributed by atoms with van der Waals surface area (Å²) in [7, 11) is 1.66. The molecule has 2 fully saturated rings. The van der Waals surface area contributed by atoms with Crippen LogP contribution in [0.3, 0.4) is 0 Å². The lowest BCUT2D eigenvalue weighted by Gasteiger charge is -2.46. The Bertz CT molecular complexity index is 592. The first-order valence-electron chi connectivity index (χ1n) is 8.64. The second kappa shape index (κ2) is 7.30. The quantitative estimate of drug-likeness (QED) is 0.860. The van der Waals surface area contributed by atoms with Crippen LogP contribution in [0, 0.1) is 5.41 Å². The van der Waals surface area contributed by atoms with Gasteiger partial charge in [0, 0.05) is 44.3 Å². The minimum atomic E-state index is -0.143. The summed E-state index contributed by atoms with van der Waals surface area (Å²) in [5.41, 5.74) is 0.429. The first-order chi connectivity index (χ1) is 11.7. The third-order valence-corrected chi connectivity index (χ3v) is 5.43. The lowest BCUT2D eigenvalue weighted by atomic mass is 9.74. The van der Waals surface area contributed by atoms with Gasteiger partial charge < -0.3 is 15.0 Å². The van der Waals surface area contributed by atoms with Crippen LogP contribution in [-0.2, 0) is 9.53 Å². The zero-order chi connectivity index (χ0) is 17.0. The maximum Gasteiger partial charge on any atom is 0.269 e. The normalized spacial score (nSPS) is 26.3. The fraction of sp³-hybridized carbons (Fsp3) is 0.611. The van der Waals surface area contributed by atoms with Crippen LogP contribution in [-0.4, -0.2) is 54.5 Å². The molecule has 0 aromatic carbocycles. The maximum absolute atomic E-state index is 12.3. The van der Waals surface area contributed by atoms with E-state index in [1.807, 2.05) is 11.0 Å². The Morgan fingerprint density at radius 1 is 1.46 bits per heavy atom. The molecular weight excluding hydrogens is 306 g/mol. The van der Waals surface area contributed by atoms with Crippen LogP contribution in [0.1, 0.15) is 42.6 Å². The molecule has 24 heavy (non-hydrogen) atoms. The molecule has 1 saturated carbocycles. The lowest BCUT2D eigenvalue weighted by molar-refractivity contribution is -0.142. The monoisotopic (exact) mass is 331 g/mol. The Labute approximate surface area is 142 Å². The number of nitrogens with zero attached hydrogens (tertiary/aromatic N) is 2. The maximum atomic E-state index is 12.3. The number of methoxy groups -OCH3 is 1. The highest BCUT2D eigenvalue weighted by molar-refractivity contribution is 5.92. The Hall–Kier alpha value is -1.95. The van der Waals surface area contributed by atoms with Crippen LogP contribution in [0.5, 0.6) is 0 Å². The topological polar surface area (TPSA) is 71.5 Å². The second-order valence-electron chi connectivity index (χ2n) is 6.75. The van der Waals surface area contributed by atoms with E-state index in [0.29, 0.717) is 31.8 Å². The summed E-state index contributed by atoms with van der Waals surface area (Å²) in [5.74, 6) is 0.0709. The van der Waals surface area contributed by atoms with Crippen LogP contribution in [0.15, 0.2) is 24.4 Å². The minimum absolute atomic E-state index is 0.00785. The van der Waals surface area contributed by atoms with Crippen molar-refractivity contribution in [2.24, 2.45) is 5.41 Å². The molecule has 1 aromatic rings. The average Bonchev–Trinajstić information content (AvgIpc) is 3.04. The summed E-state index contributed by atoms with van der Waals surface area (Å²) in [6, 6.07) is 5.53. The molecule has 2 amide bonds. The van der Waals surface area contributed by atoms with E-state index in [1.165, 1.54) is 0 Å². The van der Waals surface area contributed by atoms with Crippen molar-refractivity contribution in [1.82, 2.24) is 15.2 Å². The van der Waals surface area contributed by atoms with E-state index >= 15 is 0 Å². The van der Waals surface area contributed by atoms with Crippen LogP contribution >= 0.6 is 0 Å². The largest absolute Gasteiger partial charge is 0.383 e. The first kappa shape index (κ1) is 16.9. The van der Waals surface area contributed by atoms with Gasteiger partial charge in [-0.3, -0.25) is 14.6 Å². The van der Waals surface area contributed by atoms with E-state index in [4.69, 9.17) is 4.74 Å². The van der Waals surface area contributed by atoms with E-state index < -0.39 is 0 Å². The number of carbonyl (C=O) groups excluding carboxylic acids is 2. The predicted octanol–water partition coefficient (Wildman–Crippen LogP) is 1.62. The summed E-state index contributed by atoms with van der Waals surface area (Å²) in [4.78, 5) is 30.7. The summed E-state index contributed by atoms with van der Waals surface area (Å²) in [5, 5.41) is 3.05. The third-order valence-electron chi connectivity index (χ3n) is 5.43. The number of fused-ring (bicyclic) bond motifs is 1. The van der Waals surface area contributed by atoms with Gasteiger partial charge in [0.1, 0.15) is 5.69 Å². The molecule has 2 heterocycles. The highest BCUT2D eigenvalue weighted by Crippen LogP contribution is 2.47. The van der Waals surface area contributed by atoms with Crippen molar-refractivity contribution in [1.29, 1.82) is 0 Å². The zero-order valence-electron chi connectivity index (χ0n) is 14.2. The number of nitrogens with one attached hydrogen (secondary N) is 1. The number of amides is 2. The molecular formula is C18H25N3O3. The van der Waals surface area contributed by atoms with Gasteiger partial charge >= 0.3 is 0 Å². The molecule has 3 rings (SSSR count). The fourth-order valence-corrected chi connectivity index (χ4v) is 4.18. The predicted molar refractivity (Wildman–Crippen MR) is 89.5 cm³/mol. The summed E-state index contributed by atoms with van der Waals surface area (Å²) < 4.78 is 5.16. The van der Waals surface area contributed by atoms with Crippen molar-refractivity contribution < 1.29 is 14.3 Å². The Morgan fingerprint density at radius 3 is 3.08 bits per heavy atom. The van der Waals surface area contributed by atoms with E-state index in [-0.39, 0.29) is 23.3 Å². The number of piperidine rings is 1. The average molecular weight is 331 g/mol. The molecule has 6 nitrogen and oxygen atoms in total. The number of ether oxygens (including phenoxy) is 1. The molecule has 2 aliphatic rings. The van der Waals surface area contributed by atoms with E-state index in [9.17, 15) is 9.59 Å². The summed E-state index contributed by atoms with van der Waals surface area (Å²) >= 11 is 0. The number of pyridine rings is 1.